The van der Waals surface area contributed by atoms with E-state index in [1.54, 1.807) is 0 Å². The number of amidine groups is 1. The SMILES string of the molecule is CCCOc1ccc(NC(C)/C(N)=N/O)cc1. The summed E-state index contributed by atoms with van der Waals surface area (Å²) in [5, 5.41) is 14.6. The molecule has 1 unspecified atom stereocenters. The largest absolute Gasteiger partial charge is 0.494 e. The monoisotopic (exact) mass is 237 g/mol. The normalized spacial score (nSPS) is 13.2. The van der Waals surface area contributed by atoms with Crippen molar-refractivity contribution < 1.29 is 9.94 Å². The number of rotatable bonds is 6. The minimum atomic E-state index is -0.220. The molecule has 5 nitrogen and oxygen atoms in total. The summed E-state index contributed by atoms with van der Waals surface area (Å²) in [4.78, 5) is 0. The zero-order chi connectivity index (χ0) is 12.7. The number of nitrogens with one attached hydrogen (secondary N) is 1. The Balaban J connectivity index is 2.56. The van der Waals surface area contributed by atoms with Crippen LogP contribution in [0.5, 0.6) is 5.75 Å². The Morgan fingerprint density at radius 3 is 2.65 bits per heavy atom. The number of oxime groups is 1. The predicted octanol–water partition coefficient (Wildman–Crippen LogP) is 2.02. The molecule has 0 aliphatic rings. The zero-order valence-corrected chi connectivity index (χ0v) is 10.2. The van der Waals surface area contributed by atoms with Gasteiger partial charge in [0.25, 0.3) is 0 Å². The minimum Gasteiger partial charge on any atom is -0.494 e. The molecule has 1 aromatic carbocycles. The highest BCUT2D eigenvalue weighted by Gasteiger charge is 2.06. The van der Waals surface area contributed by atoms with E-state index in [9.17, 15) is 0 Å². The van der Waals surface area contributed by atoms with Gasteiger partial charge in [0.2, 0.25) is 0 Å². The molecule has 17 heavy (non-hydrogen) atoms. The molecule has 0 spiro atoms. The third kappa shape index (κ3) is 4.22. The first kappa shape index (κ1) is 13.2. The fourth-order valence-corrected chi connectivity index (χ4v) is 1.28. The molecule has 0 aromatic heterocycles. The second-order valence-corrected chi connectivity index (χ2v) is 3.76. The summed E-state index contributed by atoms with van der Waals surface area (Å²) in [5.74, 6) is 0.991. The smallest absolute Gasteiger partial charge is 0.161 e. The Bertz CT molecular complexity index is 363. The molecular formula is C12H19N3O2. The summed E-state index contributed by atoms with van der Waals surface area (Å²) in [5.41, 5.74) is 6.37. The first-order valence-corrected chi connectivity index (χ1v) is 5.64. The lowest BCUT2D eigenvalue weighted by Crippen LogP contribution is -2.32. The first-order valence-electron chi connectivity index (χ1n) is 5.64. The van der Waals surface area contributed by atoms with Crippen molar-refractivity contribution in [2.24, 2.45) is 10.9 Å². The van der Waals surface area contributed by atoms with E-state index in [2.05, 4.69) is 17.4 Å². The second-order valence-electron chi connectivity index (χ2n) is 3.76. The Hall–Kier alpha value is -1.91. The molecule has 0 amide bonds. The lowest BCUT2D eigenvalue weighted by Gasteiger charge is -2.14. The first-order chi connectivity index (χ1) is 8.17. The van der Waals surface area contributed by atoms with Crippen LogP contribution in [0.15, 0.2) is 29.4 Å². The summed E-state index contributed by atoms with van der Waals surface area (Å²) in [6.45, 7) is 4.60. The molecule has 1 atom stereocenters. The molecule has 5 heteroatoms. The molecule has 0 saturated heterocycles. The van der Waals surface area contributed by atoms with Crippen LogP contribution in [-0.4, -0.2) is 23.7 Å². The van der Waals surface area contributed by atoms with E-state index in [-0.39, 0.29) is 11.9 Å². The van der Waals surface area contributed by atoms with E-state index in [1.807, 2.05) is 31.2 Å². The van der Waals surface area contributed by atoms with Crippen LogP contribution in [0.4, 0.5) is 5.69 Å². The van der Waals surface area contributed by atoms with E-state index < -0.39 is 0 Å². The van der Waals surface area contributed by atoms with Gasteiger partial charge in [0, 0.05) is 5.69 Å². The molecule has 0 aliphatic heterocycles. The van der Waals surface area contributed by atoms with Crippen LogP contribution in [0.25, 0.3) is 0 Å². The Labute approximate surface area is 101 Å². The molecule has 94 valence electrons. The summed E-state index contributed by atoms with van der Waals surface area (Å²) in [7, 11) is 0. The molecule has 1 aromatic rings. The Morgan fingerprint density at radius 1 is 1.47 bits per heavy atom. The van der Waals surface area contributed by atoms with Crippen molar-refractivity contribution in [3.63, 3.8) is 0 Å². The number of benzene rings is 1. The van der Waals surface area contributed by atoms with Crippen LogP contribution in [0, 0.1) is 0 Å². The molecule has 0 bridgehead atoms. The highest BCUT2D eigenvalue weighted by Crippen LogP contribution is 2.16. The number of anilines is 1. The molecule has 0 radical (unpaired) electrons. The standard InChI is InChI=1S/C12H19N3O2/c1-3-8-17-11-6-4-10(5-7-11)14-9(2)12(13)15-16/h4-7,9,14,16H,3,8H2,1-2H3,(H2,13,15). The van der Waals surface area contributed by atoms with E-state index >= 15 is 0 Å². The highest BCUT2D eigenvalue weighted by atomic mass is 16.5. The van der Waals surface area contributed by atoms with Gasteiger partial charge in [-0.2, -0.15) is 0 Å². The van der Waals surface area contributed by atoms with E-state index in [4.69, 9.17) is 15.7 Å². The zero-order valence-electron chi connectivity index (χ0n) is 10.2. The molecular weight excluding hydrogens is 218 g/mol. The fourth-order valence-electron chi connectivity index (χ4n) is 1.28. The van der Waals surface area contributed by atoms with Gasteiger partial charge in [0.05, 0.1) is 12.6 Å². The minimum absolute atomic E-state index is 0.149. The maximum Gasteiger partial charge on any atom is 0.161 e. The van der Waals surface area contributed by atoms with Gasteiger partial charge >= 0.3 is 0 Å². The predicted molar refractivity (Wildman–Crippen MR) is 68.7 cm³/mol. The van der Waals surface area contributed by atoms with Crippen LogP contribution in [-0.2, 0) is 0 Å². The van der Waals surface area contributed by atoms with Crippen molar-refractivity contribution in [3.05, 3.63) is 24.3 Å². The molecule has 4 N–H and O–H groups in total. The maximum atomic E-state index is 8.53. The number of nitrogens with zero attached hydrogens (tertiary/aromatic N) is 1. The van der Waals surface area contributed by atoms with E-state index in [1.165, 1.54) is 0 Å². The van der Waals surface area contributed by atoms with Crippen molar-refractivity contribution in [1.82, 2.24) is 0 Å². The summed E-state index contributed by atoms with van der Waals surface area (Å²) in [6.07, 6.45) is 0.987. The van der Waals surface area contributed by atoms with Crippen LogP contribution >= 0.6 is 0 Å². The van der Waals surface area contributed by atoms with Gasteiger partial charge < -0.3 is 21.0 Å². The molecule has 0 fully saturated rings. The van der Waals surface area contributed by atoms with E-state index in [0.717, 1.165) is 17.9 Å². The van der Waals surface area contributed by atoms with Gasteiger partial charge in [-0.05, 0) is 37.6 Å². The quantitative estimate of drug-likeness (QED) is 0.306. The fraction of sp³-hybridized carbons (Fsp3) is 0.417. The van der Waals surface area contributed by atoms with Gasteiger partial charge in [-0.1, -0.05) is 12.1 Å². The van der Waals surface area contributed by atoms with Crippen LogP contribution in [0.3, 0.4) is 0 Å². The van der Waals surface area contributed by atoms with Gasteiger partial charge in [0.1, 0.15) is 5.75 Å². The summed E-state index contributed by atoms with van der Waals surface area (Å²) in [6, 6.07) is 7.34. The number of hydrogen-bond acceptors (Lipinski definition) is 4. The van der Waals surface area contributed by atoms with Crippen LogP contribution < -0.4 is 15.8 Å². The van der Waals surface area contributed by atoms with Gasteiger partial charge in [0.15, 0.2) is 5.84 Å². The molecule has 0 aliphatic carbocycles. The van der Waals surface area contributed by atoms with Gasteiger partial charge in [-0.25, -0.2) is 0 Å². The Morgan fingerprint density at radius 2 is 2.12 bits per heavy atom. The molecule has 1 rings (SSSR count). The van der Waals surface area contributed by atoms with Crippen molar-refractivity contribution in [3.8, 4) is 5.75 Å². The number of ether oxygens (including phenoxy) is 1. The second kappa shape index (κ2) is 6.62. The topological polar surface area (TPSA) is 79.9 Å². The molecule has 0 heterocycles. The average Bonchev–Trinajstić information content (AvgIpc) is 2.37. The number of nitrogens with two attached hydrogens (primary N) is 1. The average molecular weight is 237 g/mol. The van der Waals surface area contributed by atoms with Gasteiger partial charge in [-0.15, -0.1) is 0 Å². The summed E-state index contributed by atoms with van der Waals surface area (Å²) >= 11 is 0. The maximum absolute atomic E-state index is 8.53. The lowest BCUT2D eigenvalue weighted by molar-refractivity contribution is 0.316. The van der Waals surface area contributed by atoms with Crippen molar-refractivity contribution in [2.75, 3.05) is 11.9 Å². The Kier molecular flexibility index (Phi) is 5.13. The van der Waals surface area contributed by atoms with Crippen molar-refractivity contribution >= 4 is 11.5 Å². The van der Waals surface area contributed by atoms with Crippen molar-refractivity contribution in [1.29, 1.82) is 0 Å². The van der Waals surface area contributed by atoms with E-state index in [0.29, 0.717) is 6.61 Å². The third-order valence-corrected chi connectivity index (χ3v) is 2.27. The van der Waals surface area contributed by atoms with Crippen LogP contribution in [0.2, 0.25) is 0 Å². The number of hydrogen-bond donors (Lipinski definition) is 3. The lowest BCUT2D eigenvalue weighted by atomic mass is 10.2. The van der Waals surface area contributed by atoms with Gasteiger partial charge in [-0.3, -0.25) is 0 Å². The third-order valence-electron chi connectivity index (χ3n) is 2.27. The van der Waals surface area contributed by atoms with Crippen molar-refractivity contribution in [2.45, 2.75) is 26.3 Å². The highest BCUT2D eigenvalue weighted by molar-refractivity contribution is 5.87. The van der Waals surface area contributed by atoms with Crippen LogP contribution in [0.1, 0.15) is 20.3 Å². The molecule has 0 saturated carbocycles. The summed E-state index contributed by atoms with van der Waals surface area (Å²) < 4.78 is 5.47.